The fourth-order valence-corrected chi connectivity index (χ4v) is 4.20. The molecular formula is C17H16FN3O3S2. The van der Waals surface area contributed by atoms with Crippen LogP contribution in [0.5, 0.6) is 5.75 Å². The number of rotatable bonds is 6. The Labute approximate surface area is 156 Å². The number of anilines is 1. The number of ether oxygens (including phenoxy) is 1. The number of aromatic amines is 1. The van der Waals surface area contributed by atoms with Crippen LogP contribution in [0.3, 0.4) is 0 Å². The maximum atomic E-state index is 12.7. The molecule has 0 aliphatic rings. The number of carbonyl (C=O) groups excluding carboxylic acids is 1. The quantitative estimate of drug-likeness (QED) is 0.494. The van der Waals surface area contributed by atoms with Gasteiger partial charge in [-0.05, 0) is 24.6 Å². The Morgan fingerprint density at radius 2 is 2.19 bits per heavy atom. The predicted octanol–water partition coefficient (Wildman–Crippen LogP) is 3.62. The van der Waals surface area contributed by atoms with E-state index in [2.05, 4.69) is 15.3 Å². The molecule has 1 amide bonds. The lowest BCUT2D eigenvalue weighted by atomic mass is 10.2. The van der Waals surface area contributed by atoms with E-state index in [0.717, 1.165) is 23.1 Å². The minimum atomic E-state index is -0.511. The molecule has 1 aromatic carbocycles. The highest BCUT2D eigenvalue weighted by molar-refractivity contribution is 7.99. The van der Waals surface area contributed by atoms with Crippen LogP contribution in [0.4, 0.5) is 10.1 Å². The van der Waals surface area contributed by atoms with Gasteiger partial charge in [-0.1, -0.05) is 23.9 Å². The number of aromatic nitrogens is 2. The maximum Gasteiger partial charge on any atom is 0.266 e. The lowest BCUT2D eigenvalue weighted by Gasteiger charge is -2.09. The van der Waals surface area contributed by atoms with Gasteiger partial charge in [0.05, 0.1) is 29.7 Å². The van der Waals surface area contributed by atoms with Crippen molar-refractivity contribution in [2.75, 3.05) is 24.9 Å². The van der Waals surface area contributed by atoms with Crippen molar-refractivity contribution in [2.45, 2.75) is 12.1 Å². The third-order valence-electron chi connectivity index (χ3n) is 3.66. The van der Waals surface area contributed by atoms with Gasteiger partial charge < -0.3 is 15.0 Å². The summed E-state index contributed by atoms with van der Waals surface area (Å²) in [6.45, 7) is 1.20. The third-order valence-corrected chi connectivity index (χ3v) is 5.67. The van der Waals surface area contributed by atoms with E-state index in [9.17, 15) is 14.0 Å². The lowest BCUT2D eigenvalue weighted by Crippen LogP contribution is -2.13. The molecule has 0 radical (unpaired) electrons. The van der Waals surface area contributed by atoms with Crippen molar-refractivity contribution < 1.29 is 13.9 Å². The Morgan fingerprint density at radius 3 is 2.92 bits per heavy atom. The van der Waals surface area contributed by atoms with Gasteiger partial charge in [-0.15, -0.1) is 11.3 Å². The van der Waals surface area contributed by atoms with Crippen molar-refractivity contribution in [1.82, 2.24) is 9.97 Å². The van der Waals surface area contributed by atoms with E-state index in [0.29, 0.717) is 37.3 Å². The molecule has 9 heteroatoms. The van der Waals surface area contributed by atoms with E-state index in [4.69, 9.17) is 4.74 Å². The van der Waals surface area contributed by atoms with Gasteiger partial charge in [-0.25, -0.2) is 4.98 Å². The number of aryl methyl sites for hydroxylation is 1. The third kappa shape index (κ3) is 3.58. The number of para-hydroxylation sites is 2. The number of benzene rings is 1. The zero-order valence-corrected chi connectivity index (χ0v) is 15.7. The zero-order valence-electron chi connectivity index (χ0n) is 14.1. The largest absolute Gasteiger partial charge is 0.495 e. The fourth-order valence-electron chi connectivity index (χ4n) is 2.47. The second kappa shape index (κ2) is 7.88. The summed E-state index contributed by atoms with van der Waals surface area (Å²) in [5.74, 6) is 0.410. The molecule has 0 aliphatic heterocycles. The molecule has 2 aromatic heterocycles. The van der Waals surface area contributed by atoms with E-state index >= 15 is 0 Å². The van der Waals surface area contributed by atoms with Gasteiger partial charge in [0.25, 0.3) is 11.5 Å². The normalized spacial score (nSPS) is 10.9. The van der Waals surface area contributed by atoms with Crippen LogP contribution < -0.4 is 15.6 Å². The van der Waals surface area contributed by atoms with Crippen LogP contribution >= 0.6 is 23.1 Å². The van der Waals surface area contributed by atoms with Gasteiger partial charge in [0.15, 0.2) is 5.16 Å². The van der Waals surface area contributed by atoms with Gasteiger partial charge in [-0.3, -0.25) is 14.0 Å². The summed E-state index contributed by atoms with van der Waals surface area (Å²) in [4.78, 5) is 32.8. The molecule has 3 rings (SSSR count). The first kappa shape index (κ1) is 18.4. The van der Waals surface area contributed by atoms with E-state index in [1.54, 1.807) is 31.2 Å². The minimum absolute atomic E-state index is 0.208. The number of H-pyrrole nitrogens is 1. The summed E-state index contributed by atoms with van der Waals surface area (Å²) in [6.07, 6.45) is 0. The number of methoxy groups -OCH3 is 1. The molecule has 0 atom stereocenters. The van der Waals surface area contributed by atoms with Crippen LogP contribution in [0.15, 0.2) is 34.2 Å². The highest BCUT2D eigenvalue weighted by Gasteiger charge is 2.20. The number of alkyl halides is 1. The van der Waals surface area contributed by atoms with Crippen molar-refractivity contribution in [2.24, 2.45) is 0 Å². The smallest absolute Gasteiger partial charge is 0.266 e. The van der Waals surface area contributed by atoms with Gasteiger partial charge in [0.1, 0.15) is 10.6 Å². The van der Waals surface area contributed by atoms with Crippen LogP contribution in [0, 0.1) is 6.92 Å². The summed E-state index contributed by atoms with van der Waals surface area (Å²) < 4.78 is 17.6. The summed E-state index contributed by atoms with van der Waals surface area (Å²) in [6, 6.07) is 7.07. The molecule has 0 saturated heterocycles. The van der Waals surface area contributed by atoms with Crippen molar-refractivity contribution in [1.29, 1.82) is 0 Å². The van der Waals surface area contributed by atoms with Gasteiger partial charge in [0.2, 0.25) is 0 Å². The summed E-state index contributed by atoms with van der Waals surface area (Å²) >= 11 is 2.26. The molecule has 0 aliphatic carbocycles. The molecule has 0 spiro atoms. The molecule has 0 bridgehead atoms. The molecule has 0 unspecified atom stereocenters. The number of fused-ring (bicyclic) bond motifs is 1. The SMILES string of the molecule is COc1ccccc1NC(=O)c1sc2nc(SCCF)[nH]c(=O)c2c1C. The Bertz CT molecular complexity index is 1020. The number of hydrogen-bond acceptors (Lipinski definition) is 6. The second-order valence-corrected chi connectivity index (χ2v) is 7.38. The number of nitrogens with zero attached hydrogens (tertiary/aromatic N) is 1. The van der Waals surface area contributed by atoms with E-state index in [1.165, 1.54) is 7.11 Å². The Hall–Kier alpha value is -2.39. The molecule has 2 heterocycles. The maximum absolute atomic E-state index is 12.7. The molecule has 6 nitrogen and oxygen atoms in total. The van der Waals surface area contributed by atoms with Crippen LogP contribution in [-0.4, -0.2) is 35.4 Å². The van der Waals surface area contributed by atoms with Crippen molar-refractivity contribution in [3.8, 4) is 5.75 Å². The average molecular weight is 393 g/mol. The van der Waals surface area contributed by atoms with Crippen molar-refractivity contribution in [3.63, 3.8) is 0 Å². The van der Waals surface area contributed by atoms with Crippen molar-refractivity contribution in [3.05, 3.63) is 45.1 Å². The monoisotopic (exact) mass is 393 g/mol. The van der Waals surface area contributed by atoms with E-state index in [1.807, 2.05) is 0 Å². The number of amides is 1. The lowest BCUT2D eigenvalue weighted by molar-refractivity contribution is 0.102. The first-order valence-corrected chi connectivity index (χ1v) is 9.52. The predicted molar refractivity (Wildman–Crippen MR) is 103 cm³/mol. The minimum Gasteiger partial charge on any atom is -0.495 e. The summed E-state index contributed by atoms with van der Waals surface area (Å²) in [5.41, 5.74) is 0.771. The molecule has 2 N–H and O–H groups in total. The van der Waals surface area contributed by atoms with Crippen LogP contribution in [-0.2, 0) is 0 Å². The van der Waals surface area contributed by atoms with Crippen LogP contribution in [0.1, 0.15) is 15.2 Å². The van der Waals surface area contributed by atoms with Gasteiger partial charge >= 0.3 is 0 Å². The van der Waals surface area contributed by atoms with Gasteiger partial charge in [-0.2, -0.15) is 0 Å². The average Bonchev–Trinajstić information content (AvgIpc) is 2.97. The number of thioether (sulfide) groups is 1. The molecule has 0 fully saturated rings. The first-order valence-electron chi connectivity index (χ1n) is 7.71. The van der Waals surface area contributed by atoms with Crippen LogP contribution in [0.2, 0.25) is 0 Å². The second-order valence-electron chi connectivity index (χ2n) is 5.30. The first-order chi connectivity index (χ1) is 12.5. The molecule has 0 saturated carbocycles. The molecular weight excluding hydrogens is 377 g/mol. The standard InChI is InChI=1S/C17H16FN3O3S2/c1-9-12-14(22)20-17(25-8-7-18)21-16(12)26-13(9)15(23)19-10-5-3-4-6-11(10)24-2/h3-6H,7-8H2,1-2H3,(H,19,23)(H,20,21,22). The van der Waals surface area contributed by atoms with Crippen molar-refractivity contribution >= 4 is 44.9 Å². The van der Waals surface area contributed by atoms with E-state index < -0.39 is 6.67 Å². The zero-order chi connectivity index (χ0) is 18.7. The number of halogens is 1. The number of thiophene rings is 1. The highest BCUT2D eigenvalue weighted by Crippen LogP contribution is 2.30. The summed E-state index contributed by atoms with van der Waals surface area (Å²) in [7, 11) is 1.52. The topological polar surface area (TPSA) is 84.1 Å². The van der Waals surface area contributed by atoms with Gasteiger partial charge in [0, 0.05) is 5.75 Å². The molecule has 136 valence electrons. The van der Waals surface area contributed by atoms with Crippen LogP contribution in [0.25, 0.3) is 10.2 Å². The highest BCUT2D eigenvalue weighted by atomic mass is 32.2. The Kier molecular flexibility index (Phi) is 5.58. The number of hydrogen-bond donors (Lipinski definition) is 2. The number of nitrogens with one attached hydrogen (secondary N) is 2. The van der Waals surface area contributed by atoms with E-state index in [-0.39, 0.29) is 17.2 Å². The molecule has 26 heavy (non-hydrogen) atoms. The molecule has 3 aromatic rings. The summed E-state index contributed by atoms with van der Waals surface area (Å²) in [5, 5.41) is 3.52. The fraction of sp³-hybridized carbons (Fsp3) is 0.235. The Morgan fingerprint density at radius 1 is 1.42 bits per heavy atom. The Balaban J connectivity index is 1.97. The number of carbonyl (C=O) groups is 1.